The van der Waals surface area contributed by atoms with Gasteiger partial charge in [0.2, 0.25) is 0 Å². The number of likely N-dealkylation sites (N-methyl/N-ethyl adjacent to an activating group) is 1. The maximum Gasteiger partial charge on any atom is 0.0661 e. The van der Waals surface area contributed by atoms with Crippen molar-refractivity contribution in [3.05, 3.63) is 34.9 Å². The molecule has 17 heavy (non-hydrogen) atoms. The van der Waals surface area contributed by atoms with E-state index >= 15 is 0 Å². The van der Waals surface area contributed by atoms with E-state index in [9.17, 15) is 0 Å². The van der Waals surface area contributed by atoms with Gasteiger partial charge in [0.15, 0.2) is 0 Å². The Balaban J connectivity index is 2.62. The van der Waals surface area contributed by atoms with Gasteiger partial charge < -0.3 is 10.1 Å². The number of ether oxygens (including phenoxy) is 1. The highest BCUT2D eigenvalue weighted by atomic mass is 16.5. The second-order valence-corrected chi connectivity index (χ2v) is 5.12. The highest BCUT2D eigenvalue weighted by Crippen LogP contribution is 2.17. The van der Waals surface area contributed by atoms with E-state index in [1.807, 2.05) is 7.05 Å². The predicted octanol–water partition coefficient (Wildman–Crippen LogP) is 3.24. The number of hydrogen-bond donors (Lipinski definition) is 1. The molecule has 1 N–H and O–H groups in total. The minimum absolute atomic E-state index is 0.285. The number of benzene rings is 1. The zero-order chi connectivity index (χ0) is 12.8. The van der Waals surface area contributed by atoms with Gasteiger partial charge in [-0.3, -0.25) is 0 Å². The Bertz CT molecular complexity index is 347. The average Bonchev–Trinajstić information content (AvgIpc) is 2.28. The zero-order valence-electron chi connectivity index (χ0n) is 11.7. The number of aryl methyl sites for hydroxylation is 2. The lowest BCUT2D eigenvalue weighted by Gasteiger charge is -2.18. The first kappa shape index (κ1) is 14.2. The quantitative estimate of drug-likeness (QED) is 0.817. The minimum Gasteiger partial charge on any atom is -0.379 e. The molecule has 96 valence electrons. The molecule has 0 aliphatic rings. The van der Waals surface area contributed by atoms with Crippen molar-refractivity contribution >= 4 is 0 Å². The van der Waals surface area contributed by atoms with Crippen LogP contribution in [-0.2, 0) is 4.74 Å². The second-order valence-electron chi connectivity index (χ2n) is 5.12. The second kappa shape index (κ2) is 6.77. The largest absolute Gasteiger partial charge is 0.379 e. The van der Waals surface area contributed by atoms with Crippen molar-refractivity contribution < 1.29 is 4.74 Å². The standard InChI is InChI=1S/C15H25NO/c1-11(2)9-17-10-15(16-5)14-7-6-12(3)13(4)8-14/h6-8,11,15-16H,9-10H2,1-5H3. The summed E-state index contributed by atoms with van der Waals surface area (Å²) in [4.78, 5) is 0. The molecule has 1 aromatic rings. The Morgan fingerprint density at radius 1 is 1.12 bits per heavy atom. The molecule has 0 aromatic heterocycles. The molecule has 1 atom stereocenters. The summed E-state index contributed by atoms with van der Waals surface area (Å²) in [5, 5.41) is 3.31. The first-order valence-electron chi connectivity index (χ1n) is 6.36. The van der Waals surface area contributed by atoms with Gasteiger partial charge in [0, 0.05) is 6.61 Å². The van der Waals surface area contributed by atoms with E-state index in [1.54, 1.807) is 0 Å². The van der Waals surface area contributed by atoms with Crippen LogP contribution in [0, 0.1) is 19.8 Å². The summed E-state index contributed by atoms with van der Waals surface area (Å²) in [5.41, 5.74) is 3.98. The molecular weight excluding hydrogens is 210 g/mol. The maximum absolute atomic E-state index is 5.71. The van der Waals surface area contributed by atoms with E-state index in [2.05, 4.69) is 51.2 Å². The minimum atomic E-state index is 0.285. The summed E-state index contributed by atoms with van der Waals surface area (Å²) in [7, 11) is 1.98. The molecule has 0 saturated heterocycles. The van der Waals surface area contributed by atoms with Gasteiger partial charge >= 0.3 is 0 Å². The van der Waals surface area contributed by atoms with Gasteiger partial charge in [0.25, 0.3) is 0 Å². The van der Waals surface area contributed by atoms with Crippen molar-refractivity contribution in [1.29, 1.82) is 0 Å². The molecule has 0 amide bonds. The third kappa shape index (κ3) is 4.49. The van der Waals surface area contributed by atoms with Crippen LogP contribution in [0.5, 0.6) is 0 Å². The summed E-state index contributed by atoms with van der Waals surface area (Å²) in [6, 6.07) is 6.89. The van der Waals surface area contributed by atoms with E-state index in [0.29, 0.717) is 5.92 Å². The monoisotopic (exact) mass is 235 g/mol. The van der Waals surface area contributed by atoms with Crippen molar-refractivity contribution in [3.63, 3.8) is 0 Å². The Morgan fingerprint density at radius 2 is 1.82 bits per heavy atom. The molecule has 0 fully saturated rings. The van der Waals surface area contributed by atoms with Crippen LogP contribution >= 0.6 is 0 Å². The van der Waals surface area contributed by atoms with Gasteiger partial charge in [-0.25, -0.2) is 0 Å². The topological polar surface area (TPSA) is 21.3 Å². The van der Waals surface area contributed by atoms with Crippen molar-refractivity contribution in [2.24, 2.45) is 5.92 Å². The van der Waals surface area contributed by atoms with Gasteiger partial charge in [0.1, 0.15) is 0 Å². The van der Waals surface area contributed by atoms with Crippen molar-refractivity contribution in [2.75, 3.05) is 20.3 Å². The summed E-state index contributed by atoms with van der Waals surface area (Å²) < 4.78 is 5.71. The van der Waals surface area contributed by atoms with Gasteiger partial charge in [-0.05, 0) is 43.5 Å². The lowest BCUT2D eigenvalue weighted by atomic mass is 10.0. The molecule has 0 aliphatic heterocycles. The van der Waals surface area contributed by atoms with Crippen LogP contribution in [0.3, 0.4) is 0 Å². The van der Waals surface area contributed by atoms with E-state index in [1.165, 1.54) is 16.7 Å². The Morgan fingerprint density at radius 3 is 2.35 bits per heavy atom. The molecule has 1 rings (SSSR count). The van der Waals surface area contributed by atoms with Gasteiger partial charge in [0.05, 0.1) is 12.6 Å². The summed E-state index contributed by atoms with van der Waals surface area (Å²) in [5.74, 6) is 0.590. The van der Waals surface area contributed by atoms with E-state index < -0.39 is 0 Å². The number of nitrogens with one attached hydrogen (secondary N) is 1. The summed E-state index contributed by atoms with van der Waals surface area (Å²) in [6.45, 7) is 10.2. The molecule has 0 spiro atoms. The molecule has 1 unspecified atom stereocenters. The normalized spacial score (nSPS) is 13.1. The van der Waals surface area contributed by atoms with Crippen molar-refractivity contribution in [2.45, 2.75) is 33.7 Å². The highest BCUT2D eigenvalue weighted by Gasteiger charge is 2.10. The highest BCUT2D eigenvalue weighted by molar-refractivity contribution is 5.31. The summed E-state index contributed by atoms with van der Waals surface area (Å²) >= 11 is 0. The maximum atomic E-state index is 5.71. The fourth-order valence-electron chi connectivity index (χ4n) is 1.75. The van der Waals surface area contributed by atoms with Crippen molar-refractivity contribution in [1.82, 2.24) is 5.32 Å². The van der Waals surface area contributed by atoms with Gasteiger partial charge in [-0.1, -0.05) is 32.0 Å². The molecule has 2 heteroatoms. The third-order valence-electron chi connectivity index (χ3n) is 3.02. The molecule has 0 aliphatic carbocycles. The third-order valence-corrected chi connectivity index (χ3v) is 3.02. The van der Waals surface area contributed by atoms with Gasteiger partial charge in [-0.2, -0.15) is 0 Å². The lowest BCUT2D eigenvalue weighted by molar-refractivity contribution is 0.0919. The van der Waals surface area contributed by atoms with Crippen molar-refractivity contribution in [3.8, 4) is 0 Å². The average molecular weight is 235 g/mol. The predicted molar refractivity (Wildman–Crippen MR) is 73.4 cm³/mol. The van der Waals surface area contributed by atoms with E-state index in [4.69, 9.17) is 4.74 Å². The SMILES string of the molecule is CNC(COCC(C)C)c1ccc(C)c(C)c1. The van der Waals surface area contributed by atoms with Gasteiger partial charge in [-0.15, -0.1) is 0 Å². The molecule has 0 bridgehead atoms. The van der Waals surface area contributed by atoms with Crippen LogP contribution in [0.2, 0.25) is 0 Å². The molecule has 0 radical (unpaired) electrons. The molecular formula is C15H25NO. The first-order chi connectivity index (χ1) is 8.04. The van der Waals surface area contributed by atoms with E-state index in [-0.39, 0.29) is 6.04 Å². The number of hydrogen-bond acceptors (Lipinski definition) is 2. The van der Waals surface area contributed by atoms with Crippen LogP contribution in [0.15, 0.2) is 18.2 Å². The molecule has 0 heterocycles. The smallest absolute Gasteiger partial charge is 0.0661 e. The van der Waals surface area contributed by atoms with E-state index in [0.717, 1.165) is 13.2 Å². The Labute approximate surface area is 105 Å². The Hall–Kier alpha value is -0.860. The van der Waals surface area contributed by atoms with Crippen LogP contribution in [0.1, 0.15) is 36.6 Å². The molecule has 0 saturated carbocycles. The van der Waals surface area contributed by atoms with Crippen LogP contribution in [0.25, 0.3) is 0 Å². The van der Waals surface area contributed by atoms with Crippen LogP contribution in [0.4, 0.5) is 0 Å². The van der Waals surface area contributed by atoms with Crippen LogP contribution in [-0.4, -0.2) is 20.3 Å². The first-order valence-corrected chi connectivity index (χ1v) is 6.36. The zero-order valence-corrected chi connectivity index (χ0v) is 11.7. The molecule has 2 nitrogen and oxygen atoms in total. The number of rotatable bonds is 6. The van der Waals surface area contributed by atoms with Crippen LogP contribution < -0.4 is 5.32 Å². The molecule has 1 aromatic carbocycles. The summed E-state index contributed by atoms with van der Waals surface area (Å²) in [6.07, 6.45) is 0. The fraction of sp³-hybridized carbons (Fsp3) is 0.600. The fourth-order valence-corrected chi connectivity index (χ4v) is 1.75. The Kier molecular flexibility index (Phi) is 5.66. The lowest BCUT2D eigenvalue weighted by Crippen LogP contribution is -2.23.